The average molecular weight is 603 g/mol. The minimum Gasteiger partial charge on any atom is -0.322 e. The van der Waals surface area contributed by atoms with Crippen molar-refractivity contribution in [2.45, 2.75) is 31.5 Å². The van der Waals surface area contributed by atoms with Gasteiger partial charge in [0.25, 0.3) is 5.91 Å². The topological polar surface area (TPSA) is 88.0 Å². The molecule has 0 radical (unpaired) electrons. The fourth-order valence-electron chi connectivity index (χ4n) is 5.01. The minimum absolute atomic E-state index is 0.127. The summed E-state index contributed by atoms with van der Waals surface area (Å²) in [5.74, 6) is -0.270. The van der Waals surface area contributed by atoms with E-state index in [1.807, 2.05) is 24.3 Å². The quantitative estimate of drug-likeness (QED) is 0.177. The van der Waals surface area contributed by atoms with E-state index in [0.29, 0.717) is 54.6 Å². The molecule has 3 heterocycles. The first-order valence-corrected chi connectivity index (χ1v) is 13.5. The molecule has 41 heavy (non-hydrogen) atoms. The number of piperidine rings is 1. The molecule has 0 unspecified atom stereocenters. The van der Waals surface area contributed by atoms with Gasteiger partial charge < -0.3 is 5.32 Å². The SMILES string of the molecule is O=C(Nc1ccc(C(F)(F)F)cc1C1CC[N+](O)(Cc2ccc(-c3ncc(Cl)cn3)cc2)CC1)c1ccnc(Cl)c1. The van der Waals surface area contributed by atoms with Crippen molar-refractivity contribution in [2.24, 2.45) is 0 Å². The molecule has 2 aromatic heterocycles. The zero-order chi connectivity index (χ0) is 29.2. The Kier molecular flexibility index (Phi) is 8.28. The van der Waals surface area contributed by atoms with E-state index < -0.39 is 17.6 Å². The number of carbonyl (C=O) groups excluding carboxylic acids is 1. The predicted molar refractivity (Wildman–Crippen MR) is 149 cm³/mol. The number of nitrogens with zero attached hydrogens (tertiary/aromatic N) is 4. The van der Waals surface area contributed by atoms with E-state index in [-0.39, 0.29) is 21.3 Å². The Morgan fingerprint density at radius 2 is 1.66 bits per heavy atom. The third-order valence-electron chi connectivity index (χ3n) is 7.15. The van der Waals surface area contributed by atoms with Crippen molar-refractivity contribution >= 4 is 34.8 Å². The Balaban J connectivity index is 1.30. The standard InChI is InChI=1S/C29H24Cl2F3N5O2/c30-23-15-36-27(37-16-23)20-3-1-18(2-4-20)17-39(41)11-8-19(9-12-39)24-14-22(29(32,33)34)5-6-25(24)38-28(40)21-7-10-35-26(31)13-21/h1-7,10,13-16,19,41H,8-9,11-12,17H2/p+1. The minimum atomic E-state index is -4.54. The number of nitrogens with one attached hydrogen (secondary N) is 1. The Labute approximate surface area is 244 Å². The van der Waals surface area contributed by atoms with Crippen LogP contribution in [0.25, 0.3) is 11.4 Å². The van der Waals surface area contributed by atoms with Crippen LogP contribution in [0.15, 0.2) is 73.2 Å². The van der Waals surface area contributed by atoms with Crippen LogP contribution < -0.4 is 5.32 Å². The Morgan fingerprint density at radius 3 is 2.29 bits per heavy atom. The van der Waals surface area contributed by atoms with Crippen LogP contribution in [0.4, 0.5) is 18.9 Å². The van der Waals surface area contributed by atoms with Gasteiger partial charge in [0.1, 0.15) is 24.8 Å². The number of hydroxylamine groups is 3. The third-order valence-corrected chi connectivity index (χ3v) is 7.55. The summed E-state index contributed by atoms with van der Waals surface area (Å²) in [5.41, 5.74) is 1.82. The van der Waals surface area contributed by atoms with E-state index in [2.05, 4.69) is 20.3 Å². The summed E-state index contributed by atoms with van der Waals surface area (Å²) in [6.45, 7) is 0.996. The molecular formula is C29H25Cl2F3N5O2+. The fraction of sp³-hybridized carbons (Fsp3) is 0.241. The summed E-state index contributed by atoms with van der Waals surface area (Å²) in [6, 6.07) is 13.7. The molecule has 1 aliphatic rings. The largest absolute Gasteiger partial charge is 0.416 e. The highest BCUT2D eigenvalue weighted by molar-refractivity contribution is 6.30. The van der Waals surface area contributed by atoms with E-state index >= 15 is 0 Å². The lowest BCUT2D eigenvalue weighted by molar-refractivity contribution is -1.12. The normalized spacial score (nSPS) is 19.1. The van der Waals surface area contributed by atoms with Crippen molar-refractivity contribution in [3.63, 3.8) is 0 Å². The predicted octanol–water partition coefficient (Wildman–Crippen LogP) is 7.40. The number of alkyl halides is 3. The number of likely N-dealkylation sites (tertiary alicyclic amines) is 1. The maximum absolute atomic E-state index is 13.6. The number of benzene rings is 2. The Bertz CT molecular complexity index is 1540. The molecule has 12 heteroatoms. The number of halogens is 5. The highest BCUT2D eigenvalue weighted by Crippen LogP contribution is 2.39. The van der Waals surface area contributed by atoms with Crippen LogP contribution in [0.1, 0.15) is 45.8 Å². The highest BCUT2D eigenvalue weighted by Gasteiger charge is 2.37. The Morgan fingerprint density at radius 1 is 0.976 bits per heavy atom. The molecule has 2 aromatic carbocycles. The summed E-state index contributed by atoms with van der Waals surface area (Å²) in [4.78, 5) is 25.1. The number of amides is 1. The molecule has 2 N–H and O–H groups in total. The number of pyridine rings is 1. The second-order valence-corrected chi connectivity index (χ2v) is 10.8. The van der Waals surface area contributed by atoms with Gasteiger partial charge in [-0.1, -0.05) is 47.5 Å². The number of aromatic nitrogens is 3. The van der Waals surface area contributed by atoms with Gasteiger partial charge in [0.15, 0.2) is 5.82 Å². The van der Waals surface area contributed by atoms with Gasteiger partial charge >= 0.3 is 6.18 Å². The van der Waals surface area contributed by atoms with Crippen LogP contribution in [-0.4, -0.2) is 43.8 Å². The van der Waals surface area contributed by atoms with E-state index in [1.54, 1.807) is 0 Å². The maximum atomic E-state index is 13.6. The average Bonchev–Trinajstić information content (AvgIpc) is 2.94. The fourth-order valence-corrected chi connectivity index (χ4v) is 5.28. The van der Waals surface area contributed by atoms with Gasteiger partial charge in [-0.2, -0.15) is 17.8 Å². The molecule has 212 valence electrons. The van der Waals surface area contributed by atoms with E-state index in [0.717, 1.165) is 23.3 Å². The molecule has 1 saturated heterocycles. The molecule has 0 atom stereocenters. The lowest BCUT2D eigenvalue weighted by Crippen LogP contribution is -2.49. The summed E-state index contributed by atoms with van der Waals surface area (Å²) in [7, 11) is 0. The van der Waals surface area contributed by atoms with Crippen molar-refractivity contribution < 1.29 is 27.8 Å². The van der Waals surface area contributed by atoms with Crippen molar-refractivity contribution in [3.8, 4) is 11.4 Å². The van der Waals surface area contributed by atoms with E-state index in [4.69, 9.17) is 23.2 Å². The van der Waals surface area contributed by atoms with Gasteiger partial charge in [-0.3, -0.25) is 4.79 Å². The van der Waals surface area contributed by atoms with Gasteiger partial charge in [0, 0.05) is 53.8 Å². The molecule has 0 aliphatic carbocycles. The van der Waals surface area contributed by atoms with Gasteiger partial charge in [0.05, 0.1) is 10.6 Å². The molecule has 0 spiro atoms. The number of hydrogen-bond donors (Lipinski definition) is 2. The maximum Gasteiger partial charge on any atom is 0.416 e. The first-order valence-electron chi connectivity index (χ1n) is 12.8. The van der Waals surface area contributed by atoms with Crippen molar-refractivity contribution in [2.75, 3.05) is 18.4 Å². The first-order chi connectivity index (χ1) is 19.5. The molecule has 5 rings (SSSR count). The van der Waals surface area contributed by atoms with E-state index in [9.17, 15) is 23.2 Å². The number of hydrogen-bond acceptors (Lipinski definition) is 5. The second-order valence-electron chi connectivity index (χ2n) is 10.0. The van der Waals surface area contributed by atoms with Gasteiger partial charge in [-0.15, -0.1) is 0 Å². The second kappa shape index (κ2) is 11.7. The molecule has 1 amide bonds. The zero-order valence-corrected chi connectivity index (χ0v) is 23.1. The first kappa shape index (κ1) is 28.9. The molecule has 0 bridgehead atoms. The summed E-state index contributed by atoms with van der Waals surface area (Å²) >= 11 is 11.7. The summed E-state index contributed by atoms with van der Waals surface area (Å²) < 4.78 is 40.5. The molecule has 1 aliphatic heterocycles. The molecule has 7 nitrogen and oxygen atoms in total. The van der Waals surface area contributed by atoms with Crippen LogP contribution in [0.5, 0.6) is 0 Å². The molecule has 4 aromatic rings. The third kappa shape index (κ3) is 7.02. The van der Waals surface area contributed by atoms with Crippen LogP contribution in [-0.2, 0) is 12.7 Å². The van der Waals surface area contributed by atoms with Crippen molar-refractivity contribution in [1.82, 2.24) is 15.0 Å². The Hall–Kier alpha value is -3.57. The molecule has 1 fully saturated rings. The van der Waals surface area contributed by atoms with Crippen LogP contribution in [0.2, 0.25) is 10.2 Å². The van der Waals surface area contributed by atoms with Gasteiger partial charge in [-0.25, -0.2) is 20.2 Å². The van der Waals surface area contributed by atoms with Crippen molar-refractivity contribution in [1.29, 1.82) is 0 Å². The smallest absolute Gasteiger partial charge is 0.322 e. The summed E-state index contributed by atoms with van der Waals surface area (Å²) in [5, 5.41) is 14.6. The van der Waals surface area contributed by atoms with E-state index in [1.165, 1.54) is 36.8 Å². The zero-order valence-electron chi connectivity index (χ0n) is 21.6. The number of carbonyl (C=O) groups is 1. The van der Waals surface area contributed by atoms with Gasteiger partial charge in [0.2, 0.25) is 0 Å². The number of quaternary nitrogens is 1. The highest BCUT2D eigenvalue weighted by atomic mass is 35.5. The van der Waals surface area contributed by atoms with Crippen molar-refractivity contribution in [3.05, 3.63) is 106 Å². The molecular weight excluding hydrogens is 578 g/mol. The summed E-state index contributed by atoms with van der Waals surface area (Å²) in [6.07, 6.45) is 0.739. The van der Waals surface area contributed by atoms with Crippen LogP contribution in [0, 0.1) is 0 Å². The van der Waals surface area contributed by atoms with Crippen LogP contribution in [0.3, 0.4) is 0 Å². The lowest BCUT2D eigenvalue weighted by Gasteiger charge is -2.37. The van der Waals surface area contributed by atoms with Crippen LogP contribution >= 0.6 is 23.2 Å². The number of anilines is 1. The molecule has 0 saturated carbocycles. The van der Waals surface area contributed by atoms with Gasteiger partial charge in [-0.05, 0) is 41.8 Å². The lowest BCUT2D eigenvalue weighted by atomic mass is 9.86. The monoisotopic (exact) mass is 602 g/mol. The number of rotatable bonds is 6.